The molecule has 1 amide bonds. The maximum absolute atomic E-state index is 12.2. The monoisotopic (exact) mass is 280 g/mol. The van der Waals surface area contributed by atoms with Crippen LogP contribution in [-0.4, -0.2) is 47.7 Å². The summed E-state index contributed by atoms with van der Waals surface area (Å²) in [5.41, 5.74) is 0. The maximum atomic E-state index is 12.2. The summed E-state index contributed by atoms with van der Waals surface area (Å²) in [5, 5.41) is 12.3. The van der Waals surface area contributed by atoms with Gasteiger partial charge in [-0.1, -0.05) is 6.42 Å². The summed E-state index contributed by atoms with van der Waals surface area (Å²) in [7, 11) is 0. The van der Waals surface area contributed by atoms with Gasteiger partial charge in [0, 0.05) is 18.6 Å². The number of amides is 1. The third-order valence-corrected chi connectivity index (χ3v) is 5.62. The van der Waals surface area contributed by atoms with Crippen LogP contribution in [0.25, 0.3) is 0 Å². The van der Waals surface area contributed by atoms with Crippen LogP contribution in [0, 0.1) is 17.8 Å². The molecule has 4 unspecified atom stereocenters. The van der Waals surface area contributed by atoms with E-state index < -0.39 is 0 Å². The molecule has 0 radical (unpaired) electrons. The van der Waals surface area contributed by atoms with Crippen molar-refractivity contribution in [1.82, 2.24) is 10.2 Å². The van der Waals surface area contributed by atoms with Gasteiger partial charge in [-0.25, -0.2) is 0 Å². The van der Waals surface area contributed by atoms with E-state index in [0.717, 1.165) is 11.8 Å². The molecule has 0 heterocycles. The Morgan fingerprint density at radius 3 is 2.65 bits per heavy atom. The molecule has 2 bridgehead atoms. The zero-order valence-electron chi connectivity index (χ0n) is 12.6. The van der Waals surface area contributed by atoms with Crippen molar-refractivity contribution < 1.29 is 9.90 Å². The van der Waals surface area contributed by atoms with Crippen molar-refractivity contribution in [3.05, 3.63) is 0 Å². The fourth-order valence-corrected chi connectivity index (χ4v) is 4.46. The second-order valence-corrected chi connectivity index (χ2v) is 7.12. The first-order valence-corrected chi connectivity index (χ1v) is 8.31. The van der Waals surface area contributed by atoms with Gasteiger partial charge in [-0.2, -0.15) is 0 Å². The van der Waals surface area contributed by atoms with Crippen molar-refractivity contribution in [2.24, 2.45) is 17.8 Å². The van der Waals surface area contributed by atoms with Crippen LogP contribution >= 0.6 is 0 Å². The van der Waals surface area contributed by atoms with Crippen LogP contribution in [-0.2, 0) is 4.79 Å². The van der Waals surface area contributed by atoms with Crippen molar-refractivity contribution >= 4 is 5.91 Å². The normalized spacial score (nSPS) is 33.6. The Labute approximate surface area is 121 Å². The van der Waals surface area contributed by atoms with Gasteiger partial charge in [-0.05, 0) is 56.8 Å². The summed E-state index contributed by atoms with van der Waals surface area (Å²) >= 11 is 0. The van der Waals surface area contributed by atoms with Crippen molar-refractivity contribution in [2.45, 2.75) is 57.5 Å². The second-order valence-electron chi connectivity index (χ2n) is 7.12. The quantitative estimate of drug-likeness (QED) is 0.741. The van der Waals surface area contributed by atoms with Crippen LogP contribution in [0.5, 0.6) is 0 Å². The van der Waals surface area contributed by atoms with E-state index in [0.29, 0.717) is 31.1 Å². The molecule has 0 aromatic carbocycles. The van der Waals surface area contributed by atoms with Gasteiger partial charge in [0.05, 0.1) is 13.2 Å². The van der Waals surface area contributed by atoms with E-state index in [-0.39, 0.29) is 12.5 Å². The minimum atomic E-state index is 0.139. The number of rotatable bonds is 7. The first-order valence-electron chi connectivity index (χ1n) is 8.31. The standard InChI is InChI=1S/C16H28N2O2/c1-11(15-9-12-2-3-13(15)8-12)17-16(20)10-18(6-7-19)14-4-5-14/h11-15,19H,2-10H2,1H3,(H,17,20). The molecule has 3 rings (SSSR count). The Balaban J connectivity index is 1.45. The molecular formula is C16H28N2O2. The van der Waals surface area contributed by atoms with Gasteiger partial charge in [0.2, 0.25) is 5.91 Å². The summed E-state index contributed by atoms with van der Waals surface area (Å²) < 4.78 is 0. The topological polar surface area (TPSA) is 52.6 Å². The predicted octanol–water partition coefficient (Wildman–Crippen LogP) is 1.38. The smallest absolute Gasteiger partial charge is 0.234 e. The molecule has 3 saturated carbocycles. The zero-order valence-corrected chi connectivity index (χ0v) is 12.6. The molecular weight excluding hydrogens is 252 g/mol. The van der Waals surface area contributed by atoms with E-state index in [4.69, 9.17) is 5.11 Å². The molecule has 4 heteroatoms. The van der Waals surface area contributed by atoms with Crippen molar-refractivity contribution in [3.63, 3.8) is 0 Å². The minimum Gasteiger partial charge on any atom is -0.395 e. The number of hydrogen-bond donors (Lipinski definition) is 2. The molecule has 4 nitrogen and oxygen atoms in total. The van der Waals surface area contributed by atoms with Crippen molar-refractivity contribution in [1.29, 1.82) is 0 Å². The van der Waals surface area contributed by atoms with Gasteiger partial charge in [-0.3, -0.25) is 9.69 Å². The molecule has 3 aliphatic carbocycles. The van der Waals surface area contributed by atoms with Gasteiger partial charge in [0.1, 0.15) is 0 Å². The van der Waals surface area contributed by atoms with Gasteiger partial charge in [-0.15, -0.1) is 0 Å². The van der Waals surface area contributed by atoms with Crippen molar-refractivity contribution in [2.75, 3.05) is 19.7 Å². The maximum Gasteiger partial charge on any atom is 0.234 e. The minimum absolute atomic E-state index is 0.139. The van der Waals surface area contributed by atoms with Gasteiger partial charge in [0.25, 0.3) is 0 Å². The Bertz CT molecular complexity index is 356. The summed E-state index contributed by atoms with van der Waals surface area (Å²) in [4.78, 5) is 14.3. The number of fused-ring (bicyclic) bond motifs is 2. The molecule has 2 N–H and O–H groups in total. The highest BCUT2D eigenvalue weighted by Crippen LogP contribution is 2.49. The molecule has 0 aliphatic heterocycles. The van der Waals surface area contributed by atoms with Gasteiger partial charge < -0.3 is 10.4 Å². The fourth-order valence-electron chi connectivity index (χ4n) is 4.46. The van der Waals surface area contributed by atoms with E-state index in [9.17, 15) is 4.79 Å². The molecule has 114 valence electrons. The highest BCUT2D eigenvalue weighted by atomic mass is 16.3. The van der Waals surface area contributed by atoms with Crippen LogP contribution in [0.3, 0.4) is 0 Å². The molecule has 0 aromatic heterocycles. The highest BCUT2D eigenvalue weighted by molar-refractivity contribution is 5.78. The Morgan fingerprint density at radius 2 is 2.10 bits per heavy atom. The summed E-state index contributed by atoms with van der Waals surface area (Å²) in [6.45, 7) is 3.40. The lowest BCUT2D eigenvalue weighted by molar-refractivity contribution is -0.123. The van der Waals surface area contributed by atoms with E-state index >= 15 is 0 Å². The van der Waals surface area contributed by atoms with Crippen LogP contribution in [0.15, 0.2) is 0 Å². The number of hydrogen-bond acceptors (Lipinski definition) is 3. The number of carbonyl (C=O) groups is 1. The first-order chi connectivity index (χ1) is 9.67. The summed E-state index contributed by atoms with van der Waals surface area (Å²) in [5.74, 6) is 2.62. The lowest BCUT2D eigenvalue weighted by Gasteiger charge is -2.29. The first kappa shape index (κ1) is 14.3. The van der Waals surface area contributed by atoms with Crippen LogP contribution < -0.4 is 5.32 Å². The molecule has 4 atom stereocenters. The number of carbonyl (C=O) groups excluding carboxylic acids is 1. The van der Waals surface area contributed by atoms with Crippen LogP contribution in [0.1, 0.15) is 45.4 Å². The average molecular weight is 280 g/mol. The Kier molecular flexibility index (Phi) is 4.32. The predicted molar refractivity (Wildman–Crippen MR) is 78.2 cm³/mol. The van der Waals surface area contributed by atoms with Gasteiger partial charge in [0.15, 0.2) is 0 Å². The molecule has 0 saturated heterocycles. The Hall–Kier alpha value is -0.610. The molecule has 0 spiro atoms. The largest absolute Gasteiger partial charge is 0.395 e. The number of aliphatic hydroxyl groups excluding tert-OH is 1. The third kappa shape index (κ3) is 3.17. The number of nitrogens with zero attached hydrogens (tertiary/aromatic N) is 1. The fraction of sp³-hybridized carbons (Fsp3) is 0.938. The summed E-state index contributed by atoms with van der Waals surface area (Å²) in [6.07, 6.45) is 7.84. The number of nitrogens with one attached hydrogen (secondary N) is 1. The van der Waals surface area contributed by atoms with E-state index in [1.165, 1.54) is 38.5 Å². The lowest BCUT2D eigenvalue weighted by Crippen LogP contribution is -2.46. The lowest BCUT2D eigenvalue weighted by atomic mass is 9.84. The SMILES string of the molecule is CC(NC(=O)CN(CCO)C1CC1)C1CC2CCC1C2. The number of aliphatic hydroxyl groups is 1. The van der Waals surface area contributed by atoms with Crippen LogP contribution in [0.2, 0.25) is 0 Å². The van der Waals surface area contributed by atoms with E-state index in [1.54, 1.807) is 0 Å². The molecule has 3 fully saturated rings. The molecule has 3 aliphatic rings. The zero-order chi connectivity index (χ0) is 14.1. The Morgan fingerprint density at radius 1 is 1.30 bits per heavy atom. The van der Waals surface area contributed by atoms with Crippen molar-refractivity contribution in [3.8, 4) is 0 Å². The van der Waals surface area contributed by atoms with E-state index in [2.05, 4.69) is 17.1 Å². The van der Waals surface area contributed by atoms with Crippen LogP contribution in [0.4, 0.5) is 0 Å². The average Bonchev–Trinajstić information content (AvgIpc) is 3.05. The molecule has 20 heavy (non-hydrogen) atoms. The second kappa shape index (κ2) is 6.02. The molecule has 0 aromatic rings. The van der Waals surface area contributed by atoms with E-state index in [1.807, 2.05) is 0 Å². The summed E-state index contributed by atoms with van der Waals surface area (Å²) in [6, 6.07) is 0.846. The third-order valence-electron chi connectivity index (χ3n) is 5.62. The highest BCUT2D eigenvalue weighted by Gasteiger charge is 2.42. The van der Waals surface area contributed by atoms with Gasteiger partial charge >= 0.3 is 0 Å².